The van der Waals surface area contributed by atoms with Gasteiger partial charge in [-0.05, 0) is 25.6 Å². The average molecular weight is 361 g/mol. The van der Waals surface area contributed by atoms with Gasteiger partial charge in [0.05, 0.1) is 34.8 Å². The molecule has 1 saturated heterocycles. The maximum atomic E-state index is 12.7. The molecule has 2 aromatic rings. The van der Waals surface area contributed by atoms with Crippen LogP contribution in [0.1, 0.15) is 22.6 Å². The number of nitrogens with zero attached hydrogens (tertiary/aromatic N) is 4. The number of aromatic nitrogens is 2. The van der Waals surface area contributed by atoms with E-state index in [-0.39, 0.29) is 17.6 Å². The molecule has 25 heavy (non-hydrogen) atoms. The van der Waals surface area contributed by atoms with Crippen LogP contribution in [0.15, 0.2) is 36.7 Å². The lowest BCUT2D eigenvalue weighted by Crippen LogP contribution is -2.39. The van der Waals surface area contributed by atoms with Gasteiger partial charge in [0.2, 0.25) is 5.91 Å². The van der Waals surface area contributed by atoms with Crippen molar-refractivity contribution in [1.29, 1.82) is 0 Å². The van der Waals surface area contributed by atoms with Gasteiger partial charge >= 0.3 is 5.97 Å². The first kappa shape index (κ1) is 17.3. The third-order valence-electron chi connectivity index (χ3n) is 4.19. The zero-order valence-corrected chi connectivity index (χ0v) is 14.3. The third-order valence-corrected chi connectivity index (χ3v) is 4.51. The summed E-state index contributed by atoms with van der Waals surface area (Å²) in [6, 6.07) is 7.00. The molecule has 1 amide bonds. The minimum atomic E-state index is -1.12. The predicted molar refractivity (Wildman–Crippen MR) is 92.7 cm³/mol. The summed E-state index contributed by atoms with van der Waals surface area (Å²) in [5.41, 5.74) is 1.22. The normalized spacial score (nSPS) is 17.3. The number of amides is 1. The second-order valence-electron chi connectivity index (χ2n) is 5.86. The van der Waals surface area contributed by atoms with Crippen LogP contribution in [-0.4, -0.2) is 51.5 Å². The highest BCUT2D eigenvalue weighted by Crippen LogP contribution is 2.30. The van der Waals surface area contributed by atoms with Gasteiger partial charge in [-0.1, -0.05) is 23.7 Å². The molecule has 3 rings (SSSR count). The van der Waals surface area contributed by atoms with Crippen LogP contribution >= 0.6 is 11.6 Å². The van der Waals surface area contributed by atoms with E-state index >= 15 is 0 Å². The van der Waals surface area contributed by atoms with E-state index in [0.29, 0.717) is 30.2 Å². The molecule has 8 heteroatoms. The van der Waals surface area contributed by atoms with Crippen LogP contribution in [0.3, 0.4) is 0 Å². The molecule has 0 radical (unpaired) electrons. The number of carboxylic acids is 1. The van der Waals surface area contributed by atoms with E-state index in [1.807, 2.05) is 30.1 Å². The molecule has 1 unspecified atom stereocenters. The first-order valence-corrected chi connectivity index (χ1v) is 8.15. The van der Waals surface area contributed by atoms with Crippen molar-refractivity contribution in [3.63, 3.8) is 0 Å². The molecule has 2 heterocycles. The number of anilines is 1. The minimum absolute atomic E-state index is 0.00860. The molecule has 0 aliphatic carbocycles. The standard InChI is InChI=1S/C17H17ClN4O3/c1-21(10-11-8-20-13(9-19-11)17(24)25)15-6-7-22(16(15)23)14-5-3-2-4-12(14)18/h2-5,8-9,15H,6-7,10H2,1H3,(H,24,25). The SMILES string of the molecule is CN(Cc1cnc(C(=O)O)cn1)C1CCN(c2ccccc2Cl)C1=O. The van der Waals surface area contributed by atoms with Gasteiger partial charge in [0.1, 0.15) is 0 Å². The van der Waals surface area contributed by atoms with Crippen molar-refractivity contribution in [3.05, 3.63) is 53.1 Å². The monoisotopic (exact) mass is 360 g/mol. The number of hydrogen-bond acceptors (Lipinski definition) is 5. The van der Waals surface area contributed by atoms with Crippen molar-refractivity contribution < 1.29 is 14.7 Å². The Kier molecular flexibility index (Phi) is 4.96. The molecule has 1 aliphatic heterocycles. The highest BCUT2D eigenvalue weighted by molar-refractivity contribution is 6.33. The summed E-state index contributed by atoms with van der Waals surface area (Å²) in [5, 5.41) is 9.40. The number of carboxylic acid groups (broad SMARTS) is 1. The summed E-state index contributed by atoms with van der Waals surface area (Å²) >= 11 is 6.19. The van der Waals surface area contributed by atoms with Gasteiger partial charge in [0.25, 0.3) is 0 Å². The van der Waals surface area contributed by atoms with E-state index in [9.17, 15) is 9.59 Å². The average Bonchev–Trinajstić information content (AvgIpc) is 2.97. The van der Waals surface area contributed by atoms with E-state index in [1.54, 1.807) is 11.0 Å². The van der Waals surface area contributed by atoms with E-state index in [0.717, 1.165) is 5.69 Å². The van der Waals surface area contributed by atoms with Crippen molar-refractivity contribution in [2.24, 2.45) is 0 Å². The van der Waals surface area contributed by atoms with E-state index in [4.69, 9.17) is 16.7 Å². The first-order valence-electron chi connectivity index (χ1n) is 7.77. The number of para-hydroxylation sites is 1. The zero-order valence-electron chi connectivity index (χ0n) is 13.6. The lowest BCUT2D eigenvalue weighted by Gasteiger charge is -2.23. The number of rotatable bonds is 5. The molecule has 0 saturated carbocycles. The van der Waals surface area contributed by atoms with Crippen LogP contribution in [-0.2, 0) is 11.3 Å². The van der Waals surface area contributed by atoms with Crippen molar-refractivity contribution in [1.82, 2.24) is 14.9 Å². The lowest BCUT2D eigenvalue weighted by molar-refractivity contribution is -0.121. The Morgan fingerprint density at radius 2 is 2.12 bits per heavy atom. The molecule has 7 nitrogen and oxygen atoms in total. The fourth-order valence-corrected chi connectivity index (χ4v) is 3.13. The zero-order chi connectivity index (χ0) is 18.0. The maximum absolute atomic E-state index is 12.7. The highest BCUT2D eigenvalue weighted by atomic mass is 35.5. The van der Waals surface area contributed by atoms with Crippen molar-refractivity contribution in [2.75, 3.05) is 18.5 Å². The number of aromatic carboxylic acids is 1. The highest BCUT2D eigenvalue weighted by Gasteiger charge is 2.36. The Bertz CT molecular complexity index is 797. The van der Waals surface area contributed by atoms with E-state index in [1.165, 1.54) is 12.4 Å². The van der Waals surface area contributed by atoms with Crippen LogP contribution in [0.5, 0.6) is 0 Å². The Balaban J connectivity index is 1.69. The molecule has 1 aliphatic rings. The molecule has 1 aromatic heterocycles. The van der Waals surface area contributed by atoms with Crippen LogP contribution < -0.4 is 4.90 Å². The van der Waals surface area contributed by atoms with Crippen molar-refractivity contribution in [3.8, 4) is 0 Å². The van der Waals surface area contributed by atoms with Crippen molar-refractivity contribution >= 4 is 29.2 Å². The smallest absolute Gasteiger partial charge is 0.356 e. The summed E-state index contributed by atoms with van der Waals surface area (Å²) in [6.07, 6.45) is 3.32. The van der Waals surface area contributed by atoms with Crippen molar-refractivity contribution in [2.45, 2.75) is 19.0 Å². The quantitative estimate of drug-likeness (QED) is 0.878. The van der Waals surface area contributed by atoms with Gasteiger partial charge in [0, 0.05) is 13.1 Å². The second-order valence-corrected chi connectivity index (χ2v) is 6.27. The molecule has 0 bridgehead atoms. The van der Waals surface area contributed by atoms with Gasteiger partial charge in [-0.3, -0.25) is 14.7 Å². The first-order chi connectivity index (χ1) is 12.0. The van der Waals surface area contributed by atoms with Crippen LogP contribution in [0.2, 0.25) is 5.02 Å². The number of carbonyl (C=O) groups excluding carboxylic acids is 1. The Labute approximate surface area is 149 Å². The van der Waals surface area contributed by atoms with Gasteiger partial charge < -0.3 is 10.0 Å². The third kappa shape index (κ3) is 3.62. The van der Waals surface area contributed by atoms with E-state index < -0.39 is 5.97 Å². The summed E-state index contributed by atoms with van der Waals surface area (Å²) < 4.78 is 0. The predicted octanol–water partition coefficient (Wildman–Crippen LogP) is 2.07. The summed E-state index contributed by atoms with van der Waals surface area (Å²) in [4.78, 5) is 35.1. The van der Waals surface area contributed by atoms with Gasteiger partial charge in [-0.2, -0.15) is 0 Å². The van der Waals surface area contributed by atoms with Crippen LogP contribution in [0.25, 0.3) is 0 Å². The number of likely N-dealkylation sites (N-methyl/N-ethyl adjacent to an activating group) is 1. The van der Waals surface area contributed by atoms with Crippen LogP contribution in [0, 0.1) is 0 Å². The molecule has 1 N–H and O–H groups in total. The number of hydrogen-bond donors (Lipinski definition) is 1. The van der Waals surface area contributed by atoms with E-state index in [2.05, 4.69) is 9.97 Å². The van der Waals surface area contributed by atoms with Crippen LogP contribution in [0.4, 0.5) is 5.69 Å². The van der Waals surface area contributed by atoms with Gasteiger partial charge in [0.15, 0.2) is 5.69 Å². The lowest BCUT2D eigenvalue weighted by atomic mass is 10.2. The fraction of sp³-hybridized carbons (Fsp3) is 0.294. The van der Waals surface area contributed by atoms with Gasteiger partial charge in [-0.25, -0.2) is 9.78 Å². The fourth-order valence-electron chi connectivity index (χ4n) is 2.90. The molecule has 1 aromatic carbocycles. The second kappa shape index (κ2) is 7.16. The Morgan fingerprint density at radius 3 is 2.76 bits per heavy atom. The van der Waals surface area contributed by atoms with Gasteiger partial charge in [-0.15, -0.1) is 0 Å². The number of benzene rings is 1. The Morgan fingerprint density at radius 1 is 1.36 bits per heavy atom. The molecule has 130 valence electrons. The minimum Gasteiger partial charge on any atom is -0.476 e. The molecular formula is C17H17ClN4O3. The molecule has 1 atom stereocenters. The summed E-state index contributed by atoms with van der Waals surface area (Å²) in [5.74, 6) is -1.13. The largest absolute Gasteiger partial charge is 0.476 e. The maximum Gasteiger partial charge on any atom is 0.356 e. The number of carbonyl (C=O) groups is 2. The molecule has 1 fully saturated rings. The topological polar surface area (TPSA) is 86.6 Å². The summed E-state index contributed by atoms with van der Waals surface area (Å²) in [6.45, 7) is 1.00. The Hall–Kier alpha value is -2.51. The summed E-state index contributed by atoms with van der Waals surface area (Å²) in [7, 11) is 1.84. The molecule has 0 spiro atoms. The number of halogens is 1. The molecular weight excluding hydrogens is 344 g/mol.